The van der Waals surface area contributed by atoms with Crippen molar-refractivity contribution in [1.29, 1.82) is 0 Å². The van der Waals surface area contributed by atoms with Crippen LogP contribution in [0.4, 0.5) is 0 Å². The van der Waals surface area contributed by atoms with E-state index in [2.05, 4.69) is 10.3 Å². The van der Waals surface area contributed by atoms with Crippen LogP contribution in [0.15, 0.2) is 35.1 Å². The van der Waals surface area contributed by atoms with Gasteiger partial charge in [0.2, 0.25) is 0 Å². The SMILES string of the molecule is CC(NC(=O)c1cc2ccccc2c(=O)[nH]1)C(=O)O. The summed E-state index contributed by atoms with van der Waals surface area (Å²) in [4.78, 5) is 36.7. The molecule has 0 bridgehead atoms. The van der Waals surface area contributed by atoms with Crippen LogP contribution in [0.1, 0.15) is 17.4 Å². The minimum Gasteiger partial charge on any atom is -0.480 e. The highest BCUT2D eigenvalue weighted by Crippen LogP contribution is 2.09. The smallest absolute Gasteiger partial charge is 0.325 e. The highest BCUT2D eigenvalue weighted by atomic mass is 16.4. The highest BCUT2D eigenvalue weighted by molar-refractivity contribution is 5.97. The van der Waals surface area contributed by atoms with Crippen molar-refractivity contribution in [2.45, 2.75) is 13.0 Å². The quantitative estimate of drug-likeness (QED) is 0.757. The highest BCUT2D eigenvalue weighted by Gasteiger charge is 2.16. The van der Waals surface area contributed by atoms with Crippen molar-refractivity contribution < 1.29 is 14.7 Å². The molecule has 0 aliphatic heterocycles. The van der Waals surface area contributed by atoms with Crippen molar-refractivity contribution in [3.8, 4) is 0 Å². The Labute approximate surface area is 108 Å². The van der Waals surface area contributed by atoms with Crippen LogP contribution >= 0.6 is 0 Å². The van der Waals surface area contributed by atoms with Gasteiger partial charge in [-0.25, -0.2) is 0 Å². The van der Waals surface area contributed by atoms with Gasteiger partial charge in [0.15, 0.2) is 0 Å². The summed E-state index contributed by atoms with van der Waals surface area (Å²) in [6, 6.07) is 7.33. The molecule has 1 unspecified atom stereocenters. The molecule has 0 radical (unpaired) electrons. The van der Waals surface area contributed by atoms with Crippen molar-refractivity contribution in [2.24, 2.45) is 0 Å². The van der Waals surface area contributed by atoms with Gasteiger partial charge in [-0.3, -0.25) is 14.4 Å². The first kappa shape index (κ1) is 12.8. The van der Waals surface area contributed by atoms with Gasteiger partial charge in [0, 0.05) is 5.39 Å². The predicted molar refractivity (Wildman–Crippen MR) is 69.1 cm³/mol. The molecule has 0 aliphatic rings. The molecule has 0 spiro atoms. The number of hydrogen-bond donors (Lipinski definition) is 3. The van der Waals surface area contributed by atoms with E-state index in [0.717, 1.165) is 0 Å². The molecule has 19 heavy (non-hydrogen) atoms. The summed E-state index contributed by atoms with van der Waals surface area (Å²) in [6.45, 7) is 1.35. The zero-order chi connectivity index (χ0) is 14.0. The fraction of sp³-hybridized carbons (Fsp3) is 0.154. The third-order valence-electron chi connectivity index (χ3n) is 2.72. The Morgan fingerprint density at radius 3 is 2.68 bits per heavy atom. The molecule has 1 atom stereocenters. The lowest BCUT2D eigenvalue weighted by Crippen LogP contribution is -2.39. The molecule has 3 N–H and O–H groups in total. The van der Waals surface area contributed by atoms with Crippen LogP contribution in [0, 0.1) is 0 Å². The van der Waals surface area contributed by atoms with E-state index in [0.29, 0.717) is 10.8 Å². The number of benzene rings is 1. The van der Waals surface area contributed by atoms with Gasteiger partial charge in [0.05, 0.1) is 0 Å². The lowest BCUT2D eigenvalue weighted by Gasteiger charge is -2.09. The maximum atomic E-state index is 11.8. The zero-order valence-electron chi connectivity index (χ0n) is 10.1. The van der Waals surface area contributed by atoms with Crippen LogP contribution in [0.2, 0.25) is 0 Å². The first-order chi connectivity index (χ1) is 8.99. The largest absolute Gasteiger partial charge is 0.480 e. The van der Waals surface area contributed by atoms with Gasteiger partial charge >= 0.3 is 5.97 Å². The number of fused-ring (bicyclic) bond motifs is 1. The molecular formula is C13H12N2O4. The maximum absolute atomic E-state index is 11.8. The van der Waals surface area contributed by atoms with E-state index in [1.54, 1.807) is 24.3 Å². The van der Waals surface area contributed by atoms with Gasteiger partial charge in [0.25, 0.3) is 11.5 Å². The van der Waals surface area contributed by atoms with E-state index in [-0.39, 0.29) is 11.3 Å². The fourth-order valence-electron chi connectivity index (χ4n) is 1.67. The molecule has 0 saturated heterocycles. The van der Waals surface area contributed by atoms with Gasteiger partial charge in [-0.1, -0.05) is 18.2 Å². The van der Waals surface area contributed by atoms with Crippen LogP contribution < -0.4 is 10.9 Å². The number of aromatic nitrogens is 1. The summed E-state index contributed by atoms with van der Waals surface area (Å²) in [5, 5.41) is 12.1. The first-order valence-electron chi connectivity index (χ1n) is 5.65. The standard InChI is InChI=1S/C13H12N2O4/c1-7(13(18)19)14-12(17)10-6-8-4-2-3-5-9(8)11(16)15-10/h2-7H,1H3,(H,14,17)(H,15,16)(H,18,19). The third kappa shape index (κ3) is 2.62. The Hall–Kier alpha value is -2.63. The minimum atomic E-state index is -1.14. The second kappa shape index (κ2) is 4.93. The summed E-state index contributed by atoms with van der Waals surface area (Å²) < 4.78 is 0. The molecule has 0 fully saturated rings. The Bertz CT molecular complexity index is 705. The van der Waals surface area contributed by atoms with Crippen molar-refractivity contribution in [1.82, 2.24) is 10.3 Å². The predicted octanol–water partition coefficient (Wildman–Crippen LogP) is 0.731. The van der Waals surface area contributed by atoms with Gasteiger partial charge in [-0.2, -0.15) is 0 Å². The molecule has 2 rings (SSSR count). The monoisotopic (exact) mass is 260 g/mol. The Balaban J connectivity index is 2.38. The van der Waals surface area contributed by atoms with Crippen LogP contribution in [0.5, 0.6) is 0 Å². The number of carbonyl (C=O) groups excluding carboxylic acids is 1. The fourth-order valence-corrected chi connectivity index (χ4v) is 1.67. The molecular weight excluding hydrogens is 248 g/mol. The number of pyridine rings is 1. The Kier molecular flexibility index (Phi) is 3.33. The number of nitrogens with one attached hydrogen (secondary N) is 2. The molecule has 1 aromatic heterocycles. The zero-order valence-corrected chi connectivity index (χ0v) is 10.1. The number of aromatic amines is 1. The number of H-pyrrole nitrogens is 1. The Morgan fingerprint density at radius 1 is 1.32 bits per heavy atom. The van der Waals surface area contributed by atoms with Crippen LogP contribution in [-0.4, -0.2) is 28.0 Å². The van der Waals surface area contributed by atoms with Gasteiger partial charge < -0.3 is 15.4 Å². The molecule has 1 amide bonds. The number of carboxylic acids is 1. The molecule has 6 heteroatoms. The normalized spacial score (nSPS) is 12.1. The number of hydrogen-bond acceptors (Lipinski definition) is 3. The topological polar surface area (TPSA) is 99.3 Å². The summed E-state index contributed by atoms with van der Waals surface area (Å²) in [5.74, 6) is -1.77. The number of aliphatic carboxylic acids is 1. The number of carbonyl (C=O) groups is 2. The maximum Gasteiger partial charge on any atom is 0.325 e. The molecule has 1 heterocycles. The van der Waals surface area contributed by atoms with Crippen LogP contribution in [0.25, 0.3) is 10.8 Å². The summed E-state index contributed by atoms with van der Waals surface area (Å²) in [7, 11) is 0. The molecule has 0 aliphatic carbocycles. The van der Waals surface area contributed by atoms with Crippen LogP contribution in [-0.2, 0) is 4.79 Å². The average Bonchev–Trinajstić information content (AvgIpc) is 2.38. The molecule has 2 aromatic rings. The van der Waals surface area contributed by atoms with E-state index < -0.39 is 17.9 Å². The molecule has 1 aromatic carbocycles. The van der Waals surface area contributed by atoms with Crippen molar-refractivity contribution >= 4 is 22.6 Å². The minimum absolute atomic E-state index is 0.0387. The lowest BCUT2D eigenvalue weighted by atomic mass is 10.1. The van der Waals surface area contributed by atoms with Gasteiger partial charge in [-0.05, 0) is 24.4 Å². The first-order valence-corrected chi connectivity index (χ1v) is 5.65. The average molecular weight is 260 g/mol. The third-order valence-corrected chi connectivity index (χ3v) is 2.72. The second-order valence-corrected chi connectivity index (χ2v) is 4.13. The molecule has 98 valence electrons. The molecule has 6 nitrogen and oxygen atoms in total. The summed E-state index contributed by atoms with van der Waals surface area (Å²) in [6.07, 6.45) is 0. The van der Waals surface area contributed by atoms with Crippen LogP contribution in [0.3, 0.4) is 0 Å². The van der Waals surface area contributed by atoms with Crippen molar-refractivity contribution in [3.05, 3.63) is 46.4 Å². The summed E-state index contributed by atoms with van der Waals surface area (Å²) >= 11 is 0. The van der Waals surface area contributed by atoms with E-state index >= 15 is 0 Å². The Morgan fingerprint density at radius 2 is 2.00 bits per heavy atom. The number of rotatable bonds is 3. The van der Waals surface area contributed by atoms with E-state index in [9.17, 15) is 14.4 Å². The lowest BCUT2D eigenvalue weighted by molar-refractivity contribution is -0.138. The van der Waals surface area contributed by atoms with Crippen molar-refractivity contribution in [2.75, 3.05) is 0 Å². The van der Waals surface area contributed by atoms with Gasteiger partial charge in [-0.15, -0.1) is 0 Å². The van der Waals surface area contributed by atoms with Gasteiger partial charge in [0.1, 0.15) is 11.7 Å². The second-order valence-electron chi connectivity index (χ2n) is 4.13. The van der Waals surface area contributed by atoms with Crippen molar-refractivity contribution in [3.63, 3.8) is 0 Å². The molecule has 0 saturated carbocycles. The van der Waals surface area contributed by atoms with E-state index in [1.165, 1.54) is 13.0 Å². The van der Waals surface area contributed by atoms with E-state index in [1.807, 2.05) is 0 Å². The number of carboxylic acid groups (broad SMARTS) is 1. The number of amides is 1. The summed E-state index contributed by atoms with van der Waals surface area (Å²) in [5.41, 5.74) is -0.344. The van der Waals surface area contributed by atoms with E-state index in [4.69, 9.17) is 5.11 Å².